The molecule has 576 valence electrons. The molecule has 0 amide bonds. The minimum Gasteiger partial charge on any atom is -0.462 e. The van der Waals surface area contributed by atoms with Crippen LogP contribution in [0.2, 0.25) is 0 Å². The van der Waals surface area contributed by atoms with Crippen molar-refractivity contribution in [1.82, 2.24) is 0 Å². The first-order valence-electron chi connectivity index (χ1n) is 39.1. The van der Waals surface area contributed by atoms with Gasteiger partial charge in [-0.1, -0.05) is 259 Å². The van der Waals surface area contributed by atoms with Crippen LogP contribution in [-0.2, 0) is 65.4 Å². The fourth-order valence-electron chi connectivity index (χ4n) is 10.2. The molecule has 0 saturated heterocycles. The standard InChI is InChI=1S/C81H140O17P2/c1-5-9-13-17-21-25-29-33-36-37-40-43-46-50-54-58-62-66-79(84)92-71-76(97-80(85)67-63-59-55-51-47-41-32-28-24-20-16-12-8-4)73-95-99(87,88)93-69-75(82)70-94-100(89,90)96-74-77(98-81(86)68-64-60-56-52-48-44-39-35-31-27-23-19-15-11-7-3)72-91-78(83)65-61-57-53-49-45-42-38-34-30-26-22-18-14-10-6-2/h9,13,21-22,25-26,28,32-36,38-40,43,50,54,75-77,82H,5-8,10-12,14-20,23-24,27,29-31,37,41-42,44-49,51-53,55-74H2,1-4H3,(H,87,88)(H,89,90)/b13-9-,25-21-,26-22-,32-28-,36-33-,38-34-,39-35-,43-40-,54-50-. The number of phosphoric acid groups is 2. The van der Waals surface area contributed by atoms with Crippen LogP contribution < -0.4 is 0 Å². The van der Waals surface area contributed by atoms with Crippen LogP contribution in [0.1, 0.15) is 323 Å². The maximum absolute atomic E-state index is 13.1. The zero-order chi connectivity index (χ0) is 73.2. The van der Waals surface area contributed by atoms with Crippen molar-refractivity contribution in [3.63, 3.8) is 0 Å². The van der Waals surface area contributed by atoms with Crippen molar-refractivity contribution in [3.8, 4) is 0 Å². The summed E-state index contributed by atoms with van der Waals surface area (Å²) >= 11 is 0. The van der Waals surface area contributed by atoms with E-state index in [-0.39, 0.29) is 25.7 Å². The molecule has 0 aliphatic rings. The van der Waals surface area contributed by atoms with E-state index < -0.39 is 97.5 Å². The zero-order valence-corrected chi connectivity index (χ0v) is 64.6. The number of rotatable bonds is 73. The van der Waals surface area contributed by atoms with Crippen molar-refractivity contribution in [2.24, 2.45) is 0 Å². The number of hydrogen-bond donors (Lipinski definition) is 3. The highest BCUT2D eigenvalue weighted by Crippen LogP contribution is 2.45. The molecule has 0 aliphatic heterocycles. The van der Waals surface area contributed by atoms with Crippen molar-refractivity contribution in [1.29, 1.82) is 0 Å². The smallest absolute Gasteiger partial charge is 0.462 e. The van der Waals surface area contributed by atoms with Crippen LogP contribution in [0.4, 0.5) is 0 Å². The van der Waals surface area contributed by atoms with E-state index >= 15 is 0 Å². The van der Waals surface area contributed by atoms with Crippen molar-refractivity contribution < 1.29 is 80.2 Å². The Balaban J connectivity index is 5.41. The molecule has 100 heavy (non-hydrogen) atoms. The number of ether oxygens (including phenoxy) is 4. The second-order valence-electron chi connectivity index (χ2n) is 25.9. The lowest BCUT2D eigenvalue weighted by atomic mass is 10.1. The Morgan fingerprint density at radius 3 is 0.880 bits per heavy atom. The summed E-state index contributed by atoms with van der Waals surface area (Å²) in [6.45, 7) is 4.63. The van der Waals surface area contributed by atoms with E-state index in [1.54, 1.807) is 0 Å². The van der Waals surface area contributed by atoms with Gasteiger partial charge in [-0.2, -0.15) is 0 Å². The molecule has 0 saturated carbocycles. The second kappa shape index (κ2) is 73.0. The summed E-state index contributed by atoms with van der Waals surface area (Å²) in [4.78, 5) is 72.9. The number of carbonyl (C=O) groups excluding carboxylic acids is 4. The van der Waals surface area contributed by atoms with E-state index in [1.807, 2.05) is 12.2 Å². The van der Waals surface area contributed by atoms with Gasteiger partial charge < -0.3 is 33.8 Å². The molecule has 5 unspecified atom stereocenters. The number of aliphatic hydroxyl groups is 1. The van der Waals surface area contributed by atoms with Crippen LogP contribution in [0, 0.1) is 0 Å². The Morgan fingerprint density at radius 1 is 0.290 bits per heavy atom. The average Bonchev–Trinajstić information content (AvgIpc) is 0.965. The SMILES string of the molecule is CC/C=C\C/C=C\C/C=C\C/C=C\C/C=C\CCCC(=O)OCC(COP(=O)(O)OCC(O)COP(=O)(O)OCC(COC(=O)CCCCCCC/C=C\C/C=C\CCCCC)OC(=O)CCCCCCC/C=C\CCCCCCCC)OC(=O)CCCCCCC/C=C\CCCCCC. The quantitative estimate of drug-likeness (QED) is 0.0169. The third-order valence-corrected chi connectivity index (χ3v) is 18.1. The summed E-state index contributed by atoms with van der Waals surface area (Å²) in [5.41, 5.74) is 0. The lowest BCUT2D eigenvalue weighted by molar-refractivity contribution is -0.161. The normalized spacial score (nSPS) is 14.5. The number of unbranched alkanes of at least 4 members (excludes halogenated alkanes) is 29. The Kier molecular flexibility index (Phi) is 69.9. The highest BCUT2D eigenvalue weighted by Gasteiger charge is 2.30. The lowest BCUT2D eigenvalue weighted by Gasteiger charge is -2.21. The lowest BCUT2D eigenvalue weighted by Crippen LogP contribution is -2.30. The topological polar surface area (TPSA) is 237 Å². The van der Waals surface area contributed by atoms with Crippen molar-refractivity contribution in [2.45, 2.75) is 341 Å². The molecule has 3 N–H and O–H groups in total. The summed E-state index contributed by atoms with van der Waals surface area (Å²) in [6, 6.07) is 0. The van der Waals surface area contributed by atoms with E-state index in [1.165, 1.54) is 83.5 Å². The summed E-state index contributed by atoms with van der Waals surface area (Å²) < 4.78 is 68.5. The van der Waals surface area contributed by atoms with Crippen molar-refractivity contribution >= 4 is 39.5 Å². The molecule has 19 heteroatoms. The summed E-state index contributed by atoms with van der Waals surface area (Å²) in [6.07, 6.45) is 77.9. The molecule has 0 rings (SSSR count). The van der Waals surface area contributed by atoms with Gasteiger partial charge in [-0.05, 0) is 148 Å². The summed E-state index contributed by atoms with van der Waals surface area (Å²) in [5.74, 6) is -2.27. The van der Waals surface area contributed by atoms with E-state index in [4.69, 9.17) is 37.0 Å². The third kappa shape index (κ3) is 72.1. The summed E-state index contributed by atoms with van der Waals surface area (Å²) in [7, 11) is -9.97. The minimum atomic E-state index is -4.99. The van der Waals surface area contributed by atoms with Crippen LogP contribution in [0.3, 0.4) is 0 Å². The van der Waals surface area contributed by atoms with Gasteiger partial charge in [-0.15, -0.1) is 0 Å². The van der Waals surface area contributed by atoms with Crippen LogP contribution in [0.25, 0.3) is 0 Å². The van der Waals surface area contributed by atoms with Crippen LogP contribution in [0.15, 0.2) is 109 Å². The first kappa shape index (κ1) is 95.7. The highest BCUT2D eigenvalue weighted by atomic mass is 31.2. The van der Waals surface area contributed by atoms with Gasteiger partial charge in [0.25, 0.3) is 0 Å². The fourth-order valence-corrected chi connectivity index (χ4v) is 11.8. The van der Waals surface area contributed by atoms with Gasteiger partial charge in [-0.3, -0.25) is 37.3 Å². The van der Waals surface area contributed by atoms with Crippen LogP contribution >= 0.6 is 15.6 Å². The molecule has 0 heterocycles. The predicted molar refractivity (Wildman–Crippen MR) is 408 cm³/mol. The second-order valence-corrected chi connectivity index (χ2v) is 28.8. The van der Waals surface area contributed by atoms with Crippen LogP contribution in [0.5, 0.6) is 0 Å². The largest absolute Gasteiger partial charge is 0.472 e. The first-order chi connectivity index (χ1) is 48.7. The average molecular weight is 1450 g/mol. The Labute approximate surface area is 607 Å². The molecular formula is C81H140O17P2. The number of aliphatic hydroxyl groups excluding tert-OH is 1. The Hall–Kier alpha value is -4.28. The number of phosphoric ester groups is 2. The molecule has 5 atom stereocenters. The number of esters is 4. The van der Waals surface area contributed by atoms with Crippen molar-refractivity contribution in [2.75, 3.05) is 39.6 Å². The third-order valence-electron chi connectivity index (χ3n) is 16.2. The van der Waals surface area contributed by atoms with Gasteiger partial charge in [0.2, 0.25) is 0 Å². The Bertz CT molecular complexity index is 2320. The first-order valence-corrected chi connectivity index (χ1v) is 42.1. The van der Waals surface area contributed by atoms with Gasteiger partial charge in [0.15, 0.2) is 12.2 Å². The fraction of sp³-hybridized carbons (Fsp3) is 0.728. The molecule has 0 aromatic heterocycles. The maximum atomic E-state index is 13.1. The molecule has 0 spiro atoms. The molecule has 0 aromatic carbocycles. The van der Waals surface area contributed by atoms with Gasteiger partial charge >= 0.3 is 39.5 Å². The number of carbonyl (C=O) groups is 4. The van der Waals surface area contributed by atoms with Gasteiger partial charge in [0.1, 0.15) is 19.3 Å². The molecule has 0 bridgehead atoms. The van der Waals surface area contributed by atoms with E-state index in [0.29, 0.717) is 32.1 Å². The predicted octanol–water partition coefficient (Wildman–Crippen LogP) is 22.6. The highest BCUT2D eigenvalue weighted by molar-refractivity contribution is 7.47. The molecule has 17 nitrogen and oxygen atoms in total. The summed E-state index contributed by atoms with van der Waals surface area (Å²) in [5, 5.41) is 10.6. The maximum Gasteiger partial charge on any atom is 0.472 e. The van der Waals surface area contributed by atoms with E-state index in [0.717, 1.165) is 154 Å². The molecule has 0 aromatic rings. The van der Waals surface area contributed by atoms with E-state index in [2.05, 4.69) is 125 Å². The van der Waals surface area contributed by atoms with Gasteiger partial charge in [0.05, 0.1) is 26.4 Å². The molecule has 0 fully saturated rings. The number of hydrogen-bond acceptors (Lipinski definition) is 15. The zero-order valence-electron chi connectivity index (χ0n) is 62.8. The van der Waals surface area contributed by atoms with Crippen LogP contribution in [-0.4, -0.2) is 96.7 Å². The Morgan fingerprint density at radius 2 is 0.530 bits per heavy atom. The number of allylic oxidation sites excluding steroid dienone is 18. The van der Waals surface area contributed by atoms with Crippen molar-refractivity contribution in [3.05, 3.63) is 109 Å². The molecular weight excluding hydrogens is 1310 g/mol. The van der Waals surface area contributed by atoms with Gasteiger partial charge in [0, 0.05) is 25.7 Å². The molecule has 0 aliphatic carbocycles. The monoisotopic (exact) mass is 1450 g/mol. The molecule has 0 radical (unpaired) electrons. The minimum absolute atomic E-state index is 0.0713. The van der Waals surface area contributed by atoms with Gasteiger partial charge in [-0.25, -0.2) is 9.13 Å². The van der Waals surface area contributed by atoms with E-state index in [9.17, 15) is 43.2 Å².